The van der Waals surface area contributed by atoms with E-state index in [4.69, 9.17) is 0 Å². The molecule has 0 aromatic heterocycles. The van der Waals surface area contributed by atoms with Crippen molar-refractivity contribution in [3.8, 4) is 0 Å². The summed E-state index contributed by atoms with van der Waals surface area (Å²) in [6, 6.07) is 1.62. The van der Waals surface area contributed by atoms with Crippen LogP contribution in [0.4, 0.5) is 0 Å². The van der Waals surface area contributed by atoms with E-state index in [0.717, 1.165) is 12.1 Å². The smallest absolute Gasteiger partial charge is 0.0290 e. The lowest BCUT2D eigenvalue weighted by Crippen LogP contribution is -2.55. The molecule has 2 heterocycles. The molecule has 2 rings (SSSR count). The third kappa shape index (κ3) is 1.26. The zero-order valence-electron chi connectivity index (χ0n) is 8.32. The topological polar surface area (TPSA) is 9.72 Å². The number of rotatable bonds is 1. The van der Waals surface area contributed by atoms with Gasteiger partial charge in [0.2, 0.25) is 0 Å². The van der Waals surface area contributed by atoms with Gasteiger partial charge in [-0.25, -0.2) is 10.0 Å². The van der Waals surface area contributed by atoms with Gasteiger partial charge in [-0.05, 0) is 19.9 Å². The second kappa shape index (κ2) is 2.98. The van der Waals surface area contributed by atoms with E-state index in [1.54, 1.807) is 0 Å². The van der Waals surface area contributed by atoms with Gasteiger partial charge in [-0.1, -0.05) is 0 Å². The second-order valence-electron chi connectivity index (χ2n) is 4.27. The van der Waals surface area contributed by atoms with Crippen LogP contribution in [-0.2, 0) is 0 Å². The fraction of sp³-hybridized carbons (Fsp3) is 1.00. The van der Waals surface area contributed by atoms with Crippen LogP contribution in [0.25, 0.3) is 0 Å². The monoisotopic (exact) mass is 169 g/mol. The van der Waals surface area contributed by atoms with Crippen molar-refractivity contribution in [2.24, 2.45) is 0 Å². The molecule has 70 valence electrons. The minimum Gasteiger partial charge on any atom is -0.298 e. The summed E-state index contributed by atoms with van der Waals surface area (Å²) in [5.41, 5.74) is 0. The van der Waals surface area contributed by atoms with Crippen molar-refractivity contribution in [3.63, 3.8) is 0 Å². The van der Waals surface area contributed by atoms with Crippen LogP contribution in [-0.4, -0.2) is 61.2 Å². The molecular weight excluding hydrogens is 150 g/mol. The maximum Gasteiger partial charge on any atom is 0.0290 e. The van der Waals surface area contributed by atoms with E-state index < -0.39 is 0 Å². The zero-order valence-corrected chi connectivity index (χ0v) is 8.32. The predicted octanol–water partition coefficient (Wildman–Crippen LogP) is 0.241. The van der Waals surface area contributed by atoms with Crippen LogP contribution in [0.5, 0.6) is 0 Å². The summed E-state index contributed by atoms with van der Waals surface area (Å²) in [5, 5.41) is 4.70. The summed E-state index contributed by atoms with van der Waals surface area (Å²) in [6.07, 6.45) is 2.79. The predicted molar refractivity (Wildman–Crippen MR) is 49.8 cm³/mol. The number of fused-ring (bicyclic) bond motifs is 2. The molecule has 2 bridgehead atoms. The van der Waals surface area contributed by atoms with E-state index >= 15 is 0 Å². The van der Waals surface area contributed by atoms with Crippen LogP contribution in [0.1, 0.15) is 12.8 Å². The van der Waals surface area contributed by atoms with E-state index in [0.29, 0.717) is 0 Å². The Morgan fingerprint density at radius 3 is 2.00 bits per heavy atom. The molecule has 0 aromatic rings. The van der Waals surface area contributed by atoms with Crippen molar-refractivity contribution in [1.82, 2.24) is 14.9 Å². The highest BCUT2D eigenvalue weighted by atomic mass is 15.6. The molecule has 0 spiro atoms. The van der Waals surface area contributed by atoms with Gasteiger partial charge in [-0.2, -0.15) is 0 Å². The first-order valence-electron chi connectivity index (χ1n) is 4.82. The van der Waals surface area contributed by atoms with E-state index in [1.807, 2.05) is 0 Å². The molecule has 2 unspecified atom stereocenters. The van der Waals surface area contributed by atoms with Gasteiger partial charge in [0.25, 0.3) is 0 Å². The molecule has 2 aliphatic rings. The highest BCUT2D eigenvalue weighted by Gasteiger charge is 2.37. The number of hydrazine groups is 1. The Kier molecular flexibility index (Phi) is 2.10. The largest absolute Gasteiger partial charge is 0.298 e. The fourth-order valence-electron chi connectivity index (χ4n) is 2.42. The Hall–Kier alpha value is -0.120. The molecule has 12 heavy (non-hydrogen) atoms. The lowest BCUT2D eigenvalue weighted by Gasteiger charge is -2.41. The van der Waals surface area contributed by atoms with Gasteiger partial charge in [-0.3, -0.25) is 4.90 Å². The maximum atomic E-state index is 2.56. The SMILES string of the molecule is CN1C2CCC1CN(N(C)C)C2. The zero-order chi connectivity index (χ0) is 8.72. The maximum absolute atomic E-state index is 2.56. The van der Waals surface area contributed by atoms with Gasteiger partial charge in [0.05, 0.1) is 0 Å². The summed E-state index contributed by atoms with van der Waals surface area (Å²) >= 11 is 0. The summed E-state index contributed by atoms with van der Waals surface area (Å²) in [7, 11) is 6.56. The number of piperazine rings is 1. The van der Waals surface area contributed by atoms with Gasteiger partial charge in [0.15, 0.2) is 0 Å². The normalized spacial score (nSPS) is 38.0. The summed E-state index contributed by atoms with van der Waals surface area (Å²) in [6.45, 7) is 2.44. The molecule has 0 amide bonds. The van der Waals surface area contributed by atoms with Crippen molar-refractivity contribution in [3.05, 3.63) is 0 Å². The Morgan fingerprint density at radius 2 is 1.58 bits per heavy atom. The van der Waals surface area contributed by atoms with Crippen LogP contribution in [0.2, 0.25) is 0 Å². The number of nitrogens with zero attached hydrogens (tertiary/aromatic N) is 3. The van der Waals surface area contributed by atoms with Gasteiger partial charge >= 0.3 is 0 Å². The number of hydrogen-bond donors (Lipinski definition) is 0. The van der Waals surface area contributed by atoms with Crippen molar-refractivity contribution < 1.29 is 0 Å². The van der Waals surface area contributed by atoms with Crippen LogP contribution >= 0.6 is 0 Å². The summed E-state index contributed by atoms with van der Waals surface area (Å²) < 4.78 is 0. The standard InChI is InChI=1S/C9H19N3/c1-10(2)12-6-8-4-5-9(7-12)11(8)3/h8-9H,4-7H2,1-3H3. The Labute approximate surface area is 74.9 Å². The molecule has 0 saturated carbocycles. The Balaban J connectivity index is 2.02. The minimum absolute atomic E-state index is 0.811. The molecule has 0 aliphatic carbocycles. The summed E-state index contributed by atoms with van der Waals surface area (Å²) in [4.78, 5) is 2.56. The molecule has 2 fully saturated rings. The van der Waals surface area contributed by atoms with E-state index in [-0.39, 0.29) is 0 Å². The average Bonchev–Trinajstić information content (AvgIpc) is 2.30. The van der Waals surface area contributed by atoms with E-state index in [1.165, 1.54) is 25.9 Å². The molecule has 2 atom stereocenters. The first-order chi connectivity index (χ1) is 5.68. The molecule has 3 nitrogen and oxygen atoms in total. The molecular formula is C9H19N3. The molecule has 0 aromatic carbocycles. The third-order valence-corrected chi connectivity index (χ3v) is 3.39. The first-order valence-corrected chi connectivity index (χ1v) is 4.82. The highest BCUT2D eigenvalue weighted by Crippen LogP contribution is 2.28. The van der Waals surface area contributed by atoms with Crippen LogP contribution in [0.3, 0.4) is 0 Å². The van der Waals surface area contributed by atoms with Crippen molar-refractivity contribution in [2.75, 3.05) is 34.2 Å². The first kappa shape index (κ1) is 8.48. The summed E-state index contributed by atoms with van der Waals surface area (Å²) in [5.74, 6) is 0. The van der Waals surface area contributed by atoms with Crippen LogP contribution in [0.15, 0.2) is 0 Å². The van der Waals surface area contributed by atoms with E-state index in [2.05, 4.69) is 36.1 Å². The third-order valence-electron chi connectivity index (χ3n) is 3.39. The lowest BCUT2D eigenvalue weighted by atomic mass is 10.2. The quantitative estimate of drug-likeness (QED) is 0.557. The molecule has 0 radical (unpaired) electrons. The number of hydrogen-bond acceptors (Lipinski definition) is 3. The van der Waals surface area contributed by atoms with Crippen LogP contribution in [0, 0.1) is 0 Å². The van der Waals surface area contributed by atoms with Gasteiger partial charge in [-0.15, -0.1) is 0 Å². The molecule has 2 aliphatic heterocycles. The number of likely N-dealkylation sites (N-methyl/N-ethyl adjacent to an activating group) is 1. The minimum atomic E-state index is 0.811. The van der Waals surface area contributed by atoms with E-state index in [9.17, 15) is 0 Å². The van der Waals surface area contributed by atoms with Crippen molar-refractivity contribution >= 4 is 0 Å². The van der Waals surface area contributed by atoms with Crippen molar-refractivity contribution in [1.29, 1.82) is 0 Å². The van der Waals surface area contributed by atoms with Gasteiger partial charge < -0.3 is 0 Å². The Bertz CT molecular complexity index is 155. The molecule has 0 N–H and O–H groups in total. The second-order valence-corrected chi connectivity index (χ2v) is 4.27. The molecule has 2 saturated heterocycles. The fourth-order valence-corrected chi connectivity index (χ4v) is 2.42. The van der Waals surface area contributed by atoms with Gasteiger partial charge in [0, 0.05) is 39.3 Å². The average molecular weight is 169 g/mol. The van der Waals surface area contributed by atoms with Crippen molar-refractivity contribution in [2.45, 2.75) is 24.9 Å². The Morgan fingerprint density at radius 1 is 1.08 bits per heavy atom. The lowest BCUT2D eigenvalue weighted by molar-refractivity contribution is -0.0423. The van der Waals surface area contributed by atoms with Gasteiger partial charge in [0.1, 0.15) is 0 Å². The van der Waals surface area contributed by atoms with Crippen LogP contribution < -0.4 is 0 Å². The molecule has 3 heteroatoms. The highest BCUT2D eigenvalue weighted by molar-refractivity contribution is 4.92.